The second kappa shape index (κ2) is 5.13. The normalized spacial score (nSPS) is 11.0. The third kappa shape index (κ3) is 2.38. The van der Waals surface area contributed by atoms with Gasteiger partial charge in [-0.15, -0.1) is 0 Å². The Hall–Kier alpha value is -3.35. The number of oxazole rings is 2. The Kier molecular flexibility index (Phi) is 2.97. The summed E-state index contributed by atoms with van der Waals surface area (Å²) < 4.78 is 15.8. The zero-order chi connectivity index (χ0) is 15.8. The van der Waals surface area contributed by atoms with Crippen LogP contribution >= 0.6 is 0 Å². The van der Waals surface area contributed by atoms with Gasteiger partial charge in [-0.25, -0.2) is 4.79 Å². The Balaban J connectivity index is 1.67. The maximum absolute atomic E-state index is 11.5. The fourth-order valence-corrected chi connectivity index (χ4v) is 2.24. The van der Waals surface area contributed by atoms with E-state index in [0.29, 0.717) is 22.2 Å². The Morgan fingerprint density at radius 1 is 1.00 bits per heavy atom. The lowest BCUT2D eigenvalue weighted by molar-refractivity contribution is 0.0601. The van der Waals surface area contributed by atoms with Gasteiger partial charge in [0.25, 0.3) is 0 Å². The maximum atomic E-state index is 11.5. The predicted octanol–water partition coefficient (Wildman–Crippen LogP) is 3.50. The van der Waals surface area contributed by atoms with Crippen LogP contribution in [0.1, 0.15) is 10.4 Å². The molecule has 114 valence electrons. The van der Waals surface area contributed by atoms with Gasteiger partial charge in [0.1, 0.15) is 11.0 Å². The van der Waals surface area contributed by atoms with Gasteiger partial charge in [0.2, 0.25) is 0 Å². The Morgan fingerprint density at radius 2 is 1.70 bits per heavy atom. The number of esters is 1. The van der Waals surface area contributed by atoms with E-state index >= 15 is 0 Å². The number of carbonyl (C=O) groups excluding carboxylic acids is 1. The predicted molar refractivity (Wildman–Crippen MR) is 82.6 cm³/mol. The topological polar surface area (TPSA) is 90.4 Å². The summed E-state index contributed by atoms with van der Waals surface area (Å²) in [6, 6.07) is 12.8. The van der Waals surface area contributed by atoms with Crippen LogP contribution in [0.2, 0.25) is 0 Å². The molecule has 0 spiro atoms. The summed E-state index contributed by atoms with van der Waals surface area (Å²) in [7, 11) is 1.33. The third-order valence-corrected chi connectivity index (χ3v) is 3.32. The van der Waals surface area contributed by atoms with Crippen molar-refractivity contribution >= 4 is 40.2 Å². The number of carbonyl (C=O) groups is 1. The van der Waals surface area contributed by atoms with Gasteiger partial charge in [-0.1, -0.05) is 12.1 Å². The molecule has 0 saturated carbocycles. The summed E-state index contributed by atoms with van der Waals surface area (Å²) in [5.41, 5.74) is 2.88. The molecule has 0 aliphatic heterocycles. The number of hydrogen-bond donors (Lipinski definition) is 1. The monoisotopic (exact) mass is 309 g/mol. The van der Waals surface area contributed by atoms with Crippen LogP contribution in [0.5, 0.6) is 0 Å². The number of hydrogen-bond acceptors (Lipinski definition) is 7. The van der Waals surface area contributed by atoms with Gasteiger partial charge in [-0.3, -0.25) is 5.32 Å². The van der Waals surface area contributed by atoms with Crippen molar-refractivity contribution in [1.82, 2.24) is 9.97 Å². The maximum Gasteiger partial charge on any atom is 0.337 e. The largest absolute Gasteiger partial charge is 0.465 e. The molecule has 0 radical (unpaired) electrons. The van der Waals surface area contributed by atoms with Gasteiger partial charge in [0.05, 0.1) is 12.7 Å². The van der Waals surface area contributed by atoms with Gasteiger partial charge < -0.3 is 13.6 Å². The minimum atomic E-state index is -0.427. The summed E-state index contributed by atoms with van der Waals surface area (Å²) in [5.74, 6) is -0.427. The fraction of sp³-hybridized carbons (Fsp3) is 0.0625. The second-order valence-electron chi connectivity index (χ2n) is 4.80. The van der Waals surface area contributed by atoms with Crippen molar-refractivity contribution in [1.29, 1.82) is 0 Å². The number of nitrogens with zero attached hydrogens (tertiary/aromatic N) is 2. The molecule has 4 rings (SSSR count). The van der Waals surface area contributed by atoms with Crippen LogP contribution in [0.15, 0.2) is 51.3 Å². The van der Waals surface area contributed by atoms with E-state index in [-0.39, 0.29) is 12.0 Å². The molecule has 0 fully saturated rings. The number of fused-ring (bicyclic) bond motifs is 2. The molecule has 0 aliphatic rings. The third-order valence-electron chi connectivity index (χ3n) is 3.32. The molecular weight excluding hydrogens is 298 g/mol. The highest BCUT2D eigenvalue weighted by Gasteiger charge is 2.13. The minimum absolute atomic E-state index is 0.230. The van der Waals surface area contributed by atoms with Crippen molar-refractivity contribution in [3.63, 3.8) is 0 Å². The van der Waals surface area contributed by atoms with Crippen molar-refractivity contribution in [2.24, 2.45) is 0 Å². The number of para-hydroxylation sites is 2. The molecule has 0 atom stereocenters. The summed E-state index contributed by atoms with van der Waals surface area (Å²) in [4.78, 5) is 20.1. The SMILES string of the molecule is COC(=O)c1ccc2oc(Nc3nc4ccccc4o3)nc2c1. The van der Waals surface area contributed by atoms with Gasteiger partial charge in [0, 0.05) is 0 Å². The number of rotatable bonds is 3. The Bertz CT molecular complexity index is 985. The van der Waals surface area contributed by atoms with Gasteiger partial charge >= 0.3 is 18.0 Å². The zero-order valence-corrected chi connectivity index (χ0v) is 12.1. The quantitative estimate of drug-likeness (QED) is 0.579. The molecular formula is C16H11N3O4. The van der Waals surface area contributed by atoms with Crippen LogP contribution in [-0.2, 0) is 4.74 Å². The van der Waals surface area contributed by atoms with E-state index in [9.17, 15) is 4.79 Å². The smallest absolute Gasteiger partial charge is 0.337 e. The average molecular weight is 309 g/mol. The number of anilines is 2. The molecule has 0 unspecified atom stereocenters. The lowest BCUT2D eigenvalue weighted by atomic mass is 10.2. The number of nitrogens with one attached hydrogen (secondary N) is 1. The van der Waals surface area contributed by atoms with Crippen LogP contribution in [0.4, 0.5) is 12.0 Å². The molecule has 7 nitrogen and oxygen atoms in total. The first kappa shape index (κ1) is 13.3. The second-order valence-corrected chi connectivity index (χ2v) is 4.80. The van der Waals surface area contributed by atoms with Crippen molar-refractivity contribution in [3.05, 3.63) is 48.0 Å². The standard InChI is InChI=1S/C16H11N3O4/c1-21-14(20)9-6-7-13-11(8-9)18-16(23-13)19-15-17-10-4-2-3-5-12(10)22-15/h2-8H,1H3,(H,17,18,19). The van der Waals surface area contributed by atoms with E-state index in [1.54, 1.807) is 18.2 Å². The highest BCUT2D eigenvalue weighted by Crippen LogP contribution is 2.25. The summed E-state index contributed by atoms with van der Waals surface area (Å²) >= 11 is 0. The molecule has 23 heavy (non-hydrogen) atoms. The van der Waals surface area contributed by atoms with E-state index < -0.39 is 5.97 Å². The van der Waals surface area contributed by atoms with E-state index in [1.807, 2.05) is 24.3 Å². The van der Waals surface area contributed by atoms with Crippen molar-refractivity contribution < 1.29 is 18.4 Å². The van der Waals surface area contributed by atoms with E-state index in [2.05, 4.69) is 20.0 Å². The average Bonchev–Trinajstić information content (AvgIpc) is 3.15. The van der Waals surface area contributed by atoms with Gasteiger partial charge in [-0.2, -0.15) is 9.97 Å². The highest BCUT2D eigenvalue weighted by molar-refractivity contribution is 5.93. The molecule has 2 aromatic heterocycles. The Labute approximate surface area is 129 Å². The van der Waals surface area contributed by atoms with Crippen molar-refractivity contribution in [2.75, 3.05) is 12.4 Å². The number of aromatic nitrogens is 2. The number of ether oxygens (including phenoxy) is 1. The number of methoxy groups -OCH3 is 1. The Morgan fingerprint density at radius 3 is 2.43 bits per heavy atom. The van der Waals surface area contributed by atoms with E-state index in [0.717, 1.165) is 5.52 Å². The molecule has 2 aromatic carbocycles. The van der Waals surface area contributed by atoms with Crippen LogP contribution in [0, 0.1) is 0 Å². The molecule has 1 N–H and O–H groups in total. The van der Waals surface area contributed by atoms with Crippen LogP contribution in [0.25, 0.3) is 22.2 Å². The molecule has 4 aromatic rings. The first-order valence-corrected chi connectivity index (χ1v) is 6.84. The van der Waals surface area contributed by atoms with Gasteiger partial charge in [0.15, 0.2) is 11.2 Å². The first-order valence-electron chi connectivity index (χ1n) is 6.84. The van der Waals surface area contributed by atoms with Crippen LogP contribution in [-0.4, -0.2) is 23.0 Å². The molecule has 7 heteroatoms. The highest BCUT2D eigenvalue weighted by atomic mass is 16.5. The van der Waals surface area contributed by atoms with E-state index in [1.165, 1.54) is 7.11 Å². The zero-order valence-electron chi connectivity index (χ0n) is 12.1. The van der Waals surface area contributed by atoms with Crippen molar-refractivity contribution in [2.45, 2.75) is 0 Å². The minimum Gasteiger partial charge on any atom is -0.465 e. The molecule has 2 heterocycles. The number of benzene rings is 2. The van der Waals surface area contributed by atoms with Crippen LogP contribution in [0.3, 0.4) is 0 Å². The fourth-order valence-electron chi connectivity index (χ4n) is 2.24. The first-order chi connectivity index (χ1) is 11.2. The van der Waals surface area contributed by atoms with Crippen LogP contribution < -0.4 is 5.32 Å². The molecule has 0 aliphatic carbocycles. The van der Waals surface area contributed by atoms with Gasteiger partial charge in [-0.05, 0) is 30.3 Å². The molecule has 0 bridgehead atoms. The summed E-state index contributed by atoms with van der Waals surface area (Å²) in [6.07, 6.45) is 0. The molecule has 0 saturated heterocycles. The molecule has 0 amide bonds. The van der Waals surface area contributed by atoms with Crippen molar-refractivity contribution in [3.8, 4) is 0 Å². The summed E-state index contributed by atoms with van der Waals surface area (Å²) in [6.45, 7) is 0. The lowest BCUT2D eigenvalue weighted by Gasteiger charge is -1.96. The summed E-state index contributed by atoms with van der Waals surface area (Å²) in [5, 5.41) is 2.87. The lowest BCUT2D eigenvalue weighted by Crippen LogP contribution is -2.00. The van der Waals surface area contributed by atoms with E-state index in [4.69, 9.17) is 8.83 Å².